The second kappa shape index (κ2) is 8.46. The van der Waals surface area contributed by atoms with E-state index in [0.29, 0.717) is 42.5 Å². The molecule has 4 rings (SSSR count). The summed E-state index contributed by atoms with van der Waals surface area (Å²) in [4.78, 5) is 16.6. The van der Waals surface area contributed by atoms with Gasteiger partial charge in [-0.05, 0) is 60.8 Å². The van der Waals surface area contributed by atoms with Crippen LogP contribution in [0.2, 0.25) is 0 Å². The molecule has 2 atom stereocenters. The van der Waals surface area contributed by atoms with E-state index >= 15 is 0 Å². The van der Waals surface area contributed by atoms with Crippen molar-refractivity contribution in [2.75, 3.05) is 25.6 Å². The van der Waals surface area contributed by atoms with Crippen LogP contribution in [-0.2, 0) is 45.1 Å². The van der Waals surface area contributed by atoms with Gasteiger partial charge in [-0.3, -0.25) is 0 Å². The number of anilines is 1. The average Bonchev–Trinajstić information content (AvgIpc) is 3.42. The van der Waals surface area contributed by atoms with E-state index in [9.17, 15) is 13.4 Å². The summed E-state index contributed by atoms with van der Waals surface area (Å²) in [6, 6.07) is -0.819. The van der Waals surface area contributed by atoms with Crippen molar-refractivity contribution in [2.24, 2.45) is 10.7 Å². The summed E-state index contributed by atoms with van der Waals surface area (Å²) in [5, 5.41) is 2.74. The number of hydrogen-bond donors (Lipinski definition) is 4. The lowest BCUT2D eigenvalue weighted by atomic mass is 9.98. The Morgan fingerprint density at radius 3 is 2.39 bits per heavy atom. The molecule has 2 amide bonds. The van der Waals surface area contributed by atoms with Gasteiger partial charge in [0.25, 0.3) is 0 Å². The van der Waals surface area contributed by atoms with E-state index in [-0.39, 0.29) is 35.9 Å². The fourth-order valence-electron chi connectivity index (χ4n) is 4.40. The van der Waals surface area contributed by atoms with Crippen molar-refractivity contribution in [2.45, 2.75) is 44.6 Å². The number of benzene rings is 1. The molecule has 0 radical (unpaired) electrons. The number of carbonyl (C=O) groups is 1. The van der Waals surface area contributed by atoms with Crippen LogP contribution >= 0.6 is 0 Å². The fraction of sp³-hybridized carbons (Fsp3) is 0.500. The molecule has 1 aromatic rings. The Kier molecular flexibility index (Phi) is 5.89. The third-order valence-electron chi connectivity index (χ3n) is 5.89. The monoisotopic (exact) mass is 451 g/mol. The van der Waals surface area contributed by atoms with Crippen LogP contribution in [0.1, 0.15) is 35.1 Å². The van der Waals surface area contributed by atoms with Crippen LogP contribution in [0.5, 0.6) is 0 Å². The maximum absolute atomic E-state index is 14.8. The van der Waals surface area contributed by atoms with Gasteiger partial charge < -0.3 is 20.5 Å². The number of urea groups is 1. The highest BCUT2D eigenvalue weighted by molar-refractivity contribution is 7.95. The minimum atomic E-state index is -3.85. The van der Waals surface area contributed by atoms with Gasteiger partial charge in [0.2, 0.25) is 5.90 Å². The summed E-state index contributed by atoms with van der Waals surface area (Å²) < 4.78 is 48.8. The standard InChI is InChI=1S/C20H26FN5O4S/c1-29-11-9-24-19(30-10-11)16(8-22)31(23,28)26-20(27)25-18-14-6-2-4-12(14)17(21)13-5-3-7-15(13)18/h8,11H,2-7,9-10,22H2,1H3,(H3,23,25,26,27,28)/t11-,31?/m0/s1. The number of hydrogen-bond acceptors (Lipinski definition) is 7. The molecule has 1 aliphatic heterocycles. The summed E-state index contributed by atoms with van der Waals surface area (Å²) in [6.07, 6.45) is 4.97. The minimum absolute atomic E-state index is 0.0559. The van der Waals surface area contributed by atoms with Crippen molar-refractivity contribution in [3.63, 3.8) is 0 Å². The quantitative estimate of drug-likeness (QED) is 0.543. The van der Waals surface area contributed by atoms with E-state index in [2.05, 4.69) is 15.0 Å². The third-order valence-corrected chi connectivity index (χ3v) is 7.30. The van der Waals surface area contributed by atoms with E-state index < -0.39 is 15.9 Å². The van der Waals surface area contributed by atoms with Crippen molar-refractivity contribution in [3.05, 3.63) is 39.2 Å². The minimum Gasteiger partial charge on any atom is -0.474 e. The molecule has 2 aliphatic carbocycles. The van der Waals surface area contributed by atoms with Crippen LogP contribution in [0.4, 0.5) is 14.9 Å². The molecular formula is C20H26FN5O4S. The van der Waals surface area contributed by atoms with E-state index in [1.54, 1.807) is 0 Å². The topological polar surface area (TPSA) is 139 Å². The molecule has 1 heterocycles. The Bertz CT molecular complexity index is 1050. The van der Waals surface area contributed by atoms with Crippen molar-refractivity contribution in [1.29, 1.82) is 4.78 Å². The summed E-state index contributed by atoms with van der Waals surface area (Å²) in [5.74, 6) is -0.204. The largest absolute Gasteiger partial charge is 0.474 e. The molecular weight excluding hydrogens is 425 g/mol. The SMILES string of the molecule is CO[C@H]1CN=C(C(=CN)S(=N)(=O)NC(=O)Nc2c3c(c(F)c4c2CCC4)CCC3)OC1. The zero-order chi connectivity index (χ0) is 22.2. The van der Waals surface area contributed by atoms with Gasteiger partial charge in [0.15, 0.2) is 9.92 Å². The van der Waals surface area contributed by atoms with Gasteiger partial charge in [-0.15, -0.1) is 0 Å². The predicted octanol–water partition coefficient (Wildman–Crippen LogP) is 2.13. The summed E-state index contributed by atoms with van der Waals surface area (Å²) in [7, 11) is -2.32. The van der Waals surface area contributed by atoms with Crippen LogP contribution < -0.4 is 15.8 Å². The number of carbonyl (C=O) groups excluding carboxylic acids is 1. The van der Waals surface area contributed by atoms with Gasteiger partial charge >= 0.3 is 6.03 Å². The number of fused-ring (bicyclic) bond motifs is 2. The van der Waals surface area contributed by atoms with Gasteiger partial charge in [-0.2, -0.15) is 0 Å². The highest BCUT2D eigenvalue weighted by Crippen LogP contribution is 2.40. The molecule has 3 aliphatic rings. The fourth-order valence-corrected chi connectivity index (χ4v) is 5.38. The van der Waals surface area contributed by atoms with Crippen LogP contribution in [-0.4, -0.2) is 42.5 Å². The maximum Gasteiger partial charge on any atom is 0.331 e. The zero-order valence-electron chi connectivity index (χ0n) is 17.3. The molecule has 0 spiro atoms. The predicted molar refractivity (Wildman–Crippen MR) is 115 cm³/mol. The van der Waals surface area contributed by atoms with Crippen molar-refractivity contribution in [3.8, 4) is 0 Å². The number of nitrogens with two attached hydrogens (primary N) is 1. The molecule has 9 nitrogen and oxygen atoms in total. The molecule has 1 unspecified atom stereocenters. The number of aliphatic imine (C=N–C) groups is 1. The number of methoxy groups -OCH3 is 1. The first-order valence-corrected chi connectivity index (χ1v) is 11.8. The second-order valence-corrected chi connectivity index (χ2v) is 9.52. The number of nitrogens with one attached hydrogen (secondary N) is 3. The molecule has 11 heteroatoms. The van der Waals surface area contributed by atoms with Crippen LogP contribution in [0, 0.1) is 10.6 Å². The van der Waals surface area contributed by atoms with Crippen LogP contribution in [0.3, 0.4) is 0 Å². The van der Waals surface area contributed by atoms with Crippen molar-refractivity contribution in [1.82, 2.24) is 4.72 Å². The van der Waals surface area contributed by atoms with E-state index in [1.807, 2.05) is 0 Å². The van der Waals surface area contributed by atoms with Gasteiger partial charge in [-0.1, -0.05) is 0 Å². The zero-order valence-corrected chi connectivity index (χ0v) is 18.1. The Morgan fingerprint density at radius 1 is 1.26 bits per heavy atom. The van der Waals surface area contributed by atoms with E-state index in [4.69, 9.17) is 20.0 Å². The van der Waals surface area contributed by atoms with E-state index in [1.165, 1.54) is 7.11 Å². The lowest BCUT2D eigenvalue weighted by Crippen LogP contribution is -2.39. The summed E-state index contributed by atoms with van der Waals surface area (Å²) in [5.41, 5.74) is 9.07. The van der Waals surface area contributed by atoms with E-state index in [0.717, 1.165) is 30.2 Å². The first-order chi connectivity index (χ1) is 14.9. The normalized spacial score (nSPS) is 22.1. The number of amides is 2. The molecule has 31 heavy (non-hydrogen) atoms. The Labute approximate surface area is 180 Å². The number of ether oxygens (including phenoxy) is 2. The first-order valence-electron chi connectivity index (χ1n) is 10.2. The van der Waals surface area contributed by atoms with Crippen molar-refractivity contribution >= 4 is 27.5 Å². The van der Waals surface area contributed by atoms with Crippen LogP contribution in [0.15, 0.2) is 16.1 Å². The van der Waals surface area contributed by atoms with Gasteiger partial charge in [0.05, 0.1) is 6.54 Å². The lowest BCUT2D eigenvalue weighted by molar-refractivity contribution is 0.0507. The average molecular weight is 452 g/mol. The maximum atomic E-state index is 14.8. The highest BCUT2D eigenvalue weighted by atomic mass is 32.2. The molecule has 0 saturated carbocycles. The lowest BCUT2D eigenvalue weighted by Gasteiger charge is -2.23. The molecule has 0 aromatic heterocycles. The Hall–Kier alpha value is -2.66. The van der Waals surface area contributed by atoms with Crippen LogP contribution in [0.25, 0.3) is 0 Å². The van der Waals surface area contributed by atoms with Gasteiger partial charge in [0, 0.05) is 19.0 Å². The van der Waals surface area contributed by atoms with Crippen molar-refractivity contribution < 1.29 is 22.9 Å². The molecule has 168 valence electrons. The molecule has 0 bridgehead atoms. The summed E-state index contributed by atoms with van der Waals surface area (Å²) in [6.45, 7) is 0.432. The number of nitrogens with zero attached hydrogens (tertiary/aromatic N) is 1. The Balaban J connectivity index is 1.55. The van der Waals surface area contributed by atoms with Gasteiger partial charge in [-0.25, -0.2) is 27.9 Å². The number of halogens is 1. The highest BCUT2D eigenvalue weighted by Gasteiger charge is 2.31. The number of rotatable bonds is 5. The molecule has 1 aromatic carbocycles. The smallest absolute Gasteiger partial charge is 0.331 e. The molecule has 5 N–H and O–H groups in total. The third kappa shape index (κ3) is 3.99. The second-order valence-electron chi connectivity index (χ2n) is 7.77. The molecule has 0 fully saturated rings. The first kappa shape index (κ1) is 21.6. The Morgan fingerprint density at radius 2 is 1.87 bits per heavy atom. The summed E-state index contributed by atoms with van der Waals surface area (Å²) >= 11 is 0. The molecule has 0 saturated heterocycles. The van der Waals surface area contributed by atoms with Gasteiger partial charge in [0.1, 0.15) is 23.4 Å².